The van der Waals surface area contributed by atoms with Gasteiger partial charge in [0.1, 0.15) is 10.7 Å². The summed E-state index contributed by atoms with van der Waals surface area (Å²) in [6.45, 7) is 1.16. The van der Waals surface area contributed by atoms with E-state index in [0.717, 1.165) is 25.5 Å². The van der Waals surface area contributed by atoms with Gasteiger partial charge in [-0.1, -0.05) is 11.6 Å². The first-order chi connectivity index (χ1) is 8.49. The van der Waals surface area contributed by atoms with E-state index in [4.69, 9.17) is 11.6 Å². The largest absolute Gasteiger partial charge is 0.313 e. The number of sulfonamides is 1. The molecule has 4 nitrogen and oxygen atoms in total. The summed E-state index contributed by atoms with van der Waals surface area (Å²) >= 11 is 5.58. The van der Waals surface area contributed by atoms with Crippen LogP contribution >= 0.6 is 11.6 Å². The van der Waals surface area contributed by atoms with Crippen molar-refractivity contribution in [1.29, 1.82) is 0 Å². The molecule has 1 fully saturated rings. The van der Waals surface area contributed by atoms with Gasteiger partial charge in [0.25, 0.3) is 0 Å². The molecule has 1 saturated heterocycles. The van der Waals surface area contributed by atoms with E-state index in [-0.39, 0.29) is 22.5 Å². The molecule has 0 aromatic heterocycles. The van der Waals surface area contributed by atoms with Gasteiger partial charge in [0.2, 0.25) is 10.0 Å². The number of hydrogen-bond acceptors (Lipinski definition) is 3. The normalized spacial score (nSPS) is 20.2. The molecule has 1 atom stereocenters. The maximum absolute atomic E-state index is 13.5. The summed E-state index contributed by atoms with van der Waals surface area (Å²) < 4.78 is 39.7. The van der Waals surface area contributed by atoms with Crippen LogP contribution in [0, 0.1) is 5.82 Å². The van der Waals surface area contributed by atoms with Gasteiger partial charge in [0.15, 0.2) is 0 Å². The van der Waals surface area contributed by atoms with Gasteiger partial charge in [-0.3, -0.25) is 0 Å². The third-order valence-corrected chi connectivity index (χ3v) is 4.56. The van der Waals surface area contributed by atoms with Gasteiger partial charge in [0, 0.05) is 17.6 Å². The van der Waals surface area contributed by atoms with Gasteiger partial charge >= 0.3 is 0 Å². The van der Waals surface area contributed by atoms with E-state index in [9.17, 15) is 12.8 Å². The van der Waals surface area contributed by atoms with Crippen molar-refractivity contribution in [2.45, 2.75) is 23.8 Å². The molecule has 0 amide bonds. The minimum Gasteiger partial charge on any atom is -0.313 e. The van der Waals surface area contributed by atoms with Crippen molar-refractivity contribution in [2.24, 2.45) is 0 Å². The number of rotatable bonds is 4. The minimum absolute atomic E-state index is 0.120. The summed E-state index contributed by atoms with van der Waals surface area (Å²) in [5, 5.41) is 3.33. The first-order valence-corrected chi connectivity index (χ1v) is 7.53. The highest BCUT2D eigenvalue weighted by Crippen LogP contribution is 2.18. The van der Waals surface area contributed by atoms with Crippen molar-refractivity contribution >= 4 is 21.6 Å². The number of nitrogens with one attached hydrogen (secondary N) is 2. The molecule has 1 heterocycles. The Morgan fingerprint density at radius 1 is 1.50 bits per heavy atom. The molecule has 100 valence electrons. The second kappa shape index (κ2) is 5.52. The highest BCUT2D eigenvalue weighted by molar-refractivity contribution is 7.89. The van der Waals surface area contributed by atoms with Crippen molar-refractivity contribution in [3.8, 4) is 0 Å². The highest BCUT2D eigenvalue weighted by Gasteiger charge is 2.22. The van der Waals surface area contributed by atoms with E-state index in [0.29, 0.717) is 0 Å². The molecule has 1 unspecified atom stereocenters. The molecule has 0 bridgehead atoms. The van der Waals surface area contributed by atoms with Crippen LogP contribution in [0.5, 0.6) is 0 Å². The quantitative estimate of drug-likeness (QED) is 0.884. The van der Waals surface area contributed by atoms with E-state index in [1.54, 1.807) is 0 Å². The van der Waals surface area contributed by atoms with Crippen molar-refractivity contribution in [1.82, 2.24) is 10.0 Å². The first kappa shape index (κ1) is 13.7. The van der Waals surface area contributed by atoms with Crippen LogP contribution in [-0.4, -0.2) is 27.5 Å². The molecular formula is C11H14ClFN2O2S. The van der Waals surface area contributed by atoms with Crippen LogP contribution in [0.2, 0.25) is 5.02 Å². The lowest BCUT2D eigenvalue weighted by Crippen LogP contribution is -2.37. The van der Waals surface area contributed by atoms with E-state index < -0.39 is 15.8 Å². The van der Waals surface area contributed by atoms with Crippen LogP contribution in [0.3, 0.4) is 0 Å². The summed E-state index contributed by atoms with van der Waals surface area (Å²) in [6.07, 6.45) is 1.95. The molecule has 7 heteroatoms. The maximum Gasteiger partial charge on any atom is 0.243 e. The predicted octanol–water partition coefficient (Wildman–Crippen LogP) is 1.51. The number of benzene rings is 1. The molecule has 18 heavy (non-hydrogen) atoms. The molecule has 2 rings (SSSR count). The standard InChI is InChI=1S/C11H14ClFN2O2S/c12-8-3-4-11(10(13)6-8)18(16,17)15-7-9-2-1-5-14-9/h3-4,6,9,14-15H,1-2,5,7H2. The zero-order chi connectivity index (χ0) is 13.2. The van der Waals surface area contributed by atoms with Crippen LogP contribution in [0.4, 0.5) is 4.39 Å². The van der Waals surface area contributed by atoms with Crippen LogP contribution < -0.4 is 10.0 Å². The summed E-state index contributed by atoms with van der Waals surface area (Å²) in [5.74, 6) is -0.839. The molecule has 1 aromatic rings. The summed E-state index contributed by atoms with van der Waals surface area (Å²) in [6, 6.07) is 3.63. The third kappa shape index (κ3) is 3.20. The first-order valence-electron chi connectivity index (χ1n) is 5.67. The van der Waals surface area contributed by atoms with Gasteiger partial charge in [-0.25, -0.2) is 17.5 Å². The van der Waals surface area contributed by atoms with Crippen molar-refractivity contribution < 1.29 is 12.8 Å². The lowest BCUT2D eigenvalue weighted by molar-refractivity contribution is 0.539. The van der Waals surface area contributed by atoms with Crippen molar-refractivity contribution in [3.05, 3.63) is 29.0 Å². The van der Waals surface area contributed by atoms with Gasteiger partial charge < -0.3 is 5.32 Å². The molecule has 0 radical (unpaired) electrons. The second-order valence-corrected chi connectivity index (χ2v) is 6.39. The number of halogens is 2. The van der Waals surface area contributed by atoms with Gasteiger partial charge in [-0.15, -0.1) is 0 Å². The summed E-state index contributed by atoms with van der Waals surface area (Å²) in [7, 11) is -3.82. The van der Waals surface area contributed by atoms with Gasteiger partial charge in [-0.05, 0) is 37.6 Å². The van der Waals surface area contributed by atoms with E-state index in [2.05, 4.69) is 10.0 Å². The SMILES string of the molecule is O=S(=O)(NCC1CCCN1)c1ccc(Cl)cc1F. The minimum atomic E-state index is -3.82. The lowest BCUT2D eigenvalue weighted by Gasteiger charge is -2.12. The molecule has 0 saturated carbocycles. The van der Waals surface area contributed by atoms with E-state index in [1.165, 1.54) is 12.1 Å². The van der Waals surface area contributed by atoms with Crippen LogP contribution in [0.1, 0.15) is 12.8 Å². The van der Waals surface area contributed by atoms with Crippen molar-refractivity contribution in [2.75, 3.05) is 13.1 Å². The van der Waals surface area contributed by atoms with Crippen LogP contribution in [-0.2, 0) is 10.0 Å². The predicted molar refractivity (Wildman–Crippen MR) is 67.6 cm³/mol. The highest BCUT2D eigenvalue weighted by atomic mass is 35.5. The zero-order valence-corrected chi connectivity index (χ0v) is 11.2. The maximum atomic E-state index is 13.5. The smallest absolute Gasteiger partial charge is 0.243 e. The molecule has 2 N–H and O–H groups in total. The van der Waals surface area contributed by atoms with Crippen LogP contribution in [0.15, 0.2) is 23.1 Å². The molecule has 1 aliphatic heterocycles. The Morgan fingerprint density at radius 2 is 2.28 bits per heavy atom. The fourth-order valence-electron chi connectivity index (χ4n) is 1.91. The van der Waals surface area contributed by atoms with E-state index in [1.807, 2.05) is 0 Å². The lowest BCUT2D eigenvalue weighted by atomic mass is 10.2. The molecular weight excluding hydrogens is 279 g/mol. The third-order valence-electron chi connectivity index (χ3n) is 2.87. The molecule has 1 aliphatic rings. The Balaban J connectivity index is 2.09. The summed E-state index contributed by atoms with van der Waals surface area (Å²) in [4.78, 5) is -0.370. The average Bonchev–Trinajstić information content (AvgIpc) is 2.78. The number of hydrogen-bond donors (Lipinski definition) is 2. The van der Waals surface area contributed by atoms with Crippen molar-refractivity contribution in [3.63, 3.8) is 0 Å². The Bertz CT molecular complexity index is 530. The monoisotopic (exact) mass is 292 g/mol. The Hall–Kier alpha value is -0.690. The van der Waals surface area contributed by atoms with Crippen LogP contribution in [0.25, 0.3) is 0 Å². The average molecular weight is 293 g/mol. The van der Waals surface area contributed by atoms with E-state index >= 15 is 0 Å². The topological polar surface area (TPSA) is 58.2 Å². The molecule has 0 aliphatic carbocycles. The fraction of sp³-hybridized carbons (Fsp3) is 0.455. The summed E-state index contributed by atoms with van der Waals surface area (Å²) in [5.41, 5.74) is 0. The second-order valence-electron chi connectivity index (χ2n) is 4.22. The Morgan fingerprint density at radius 3 is 2.89 bits per heavy atom. The van der Waals surface area contributed by atoms with Gasteiger partial charge in [-0.2, -0.15) is 0 Å². The fourth-order valence-corrected chi connectivity index (χ4v) is 3.21. The molecule has 0 spiro atoms. The Labute approximate surface area is 111 Å². The Kier molecular flexibility index (Phi) is 4.21. The van der Waals surface area contributed by atoms with Gasteiger partial charge in [0.05, 0.1) is 0 Å². The molecule has 1 aromatic carbocycles. The zero-order valence-electron chi connectivity index (χ0n) is 9.62.